The zero-order valence-electron chi connectivity index (χ0n) is 16.8. The number of aliphatic hydroxyl groups excluding tert-OH is 1. The van der Waals surface area contributed by atoms with Gasteiger partial charge in [-0.2, -0.15) is 0 Å². The molecular weight excluding hydrogens is 420 g/mol. The van der Waals surface area contributed by atoms with Gasteiger partial charge in [-0.25, -0.2) is 13.8 Å². The Morgan fingerprint density at radius 2 is 1.87 bits per heavy atom. The van der Waals surface area contributed by atoms with Gasteiger partial charge in [-0.1, -0.05) is 24.3 Å². The van der Waals surface area contributed by atoms with Crippen molar-refractivity contribution in [3.8, 4) is 22.3 Å². The second-order valence-electron chi connectivity index (χ2n) is 7.61. The quantitative estimate of drug-likeness (QED) is 0.582. The Kier molecular flexibility index (Phi) is 6.52. The summed E-state index contributed by atoms with van der Waals surface area (Å²) in [6.07, 6.45) is 3.11. The van der Waals surface area contributed by atoms with E-state index in [1.165, 1.54) is 12.3 Å². The third-order valence-electron chi connectivity index (χ3n) is 5.51. The molecule has 4 rings (SSSR count). The van der Waals surface area contributed by atoms with Gasteiger partial charge in [0.05, 0.1) is 11.4 Å². The number of nitrogen functional groups attached to an aromatic ring is 1. The normalized spacial score (nSPS) is 18.1. The van der Waals surface area contributed by atoms with E-state index in [9.17, 15) is 18.4 Å². The highest BCUT2D eigenvalue weighted by atomic mass is 32.2. The number of anilines is 1. The van der Waals surface area contributed by atoms with Crippen LogP contribution >= 0.6 is 0 Å². The van der Waals surface area contributed by atoms with E-state index in [4.69, 9.17) is 5.73 Å². The van der Waals surface area contributed by atoms with Crippen molar-refractivity contribution in [2.24, 2.45) is 5.92 Å². The van der Waals surface area contributed by atoms with Crippen LogP contribution in [0.2, 0.25) is 0 Å². The number of benzene rings is 2. The Morgan fingerprint density at radius 1 is 1.10 bits per heavy atom. The van der Waals surface area contributed by atoms with Crippen LogP contribution in [0.15, 0.2) is 59.6 Å². The summed E-state index contributed by atoms with van der Waals surface area (Å²) < 4.78 is 43.8. The largest absolute Gasteiger partial charge is 0.593 e. The highest BCUT2D eigenvalue weighted by Gasteiger charge is 2.31. The number of aliphatic hydroxyl groups is 1. The minimum absolute atomic E-state index is 0.0720. The molecule has 3 N–H and O–H groups in total. The standard InChI is InChI=1S/C23H23F2N3O2S/c24-20-10-16(7-8-18(20)17-11-21(25)23(26)27-12-17)19-5-1-2-6-22(19)31(30)28-9-3-4-15(13-28)14-29/h1-2,5-8,10-12,15,29H,3-4,9,13-14H2,(H2,26,27). The summed E-state index contributed by atoms with van der Waals surface area (Å²) in [5.41, 5.74) is 7.13. The van der Waals surface area contributed by atoms with Crippen molar-refractivity contribution >= 4 is 17.2 Å². The van der Waals surface area contributed by atoms with Crippen LogP contribution < -0.4 is 5.73 Å². The molecule has 1 fully saturated rings. The van der Waals surface area contributed by atoms with Gasteiger partial charge in [-0.05, 0) is 48.6 Å². The molecule has 162 valence electrons. The molecule has 0 spiro atoms. The van der Waals surface area contributed by atoms with Gasteiger partial charge in [-0.15, -0.1) is 4.31 Å². The fraction of sp³-hybridized carbons (Fsp3) is 0.261. The fourth-order valence-corrected chi connectivity index (χ4v) is 5.32. The minimum atomic E-state index is -1.43. The number of pyridine rings is 1. The van der Waals surface area contributed by atoms with E-state index in [-0.39, 0.29) is 29.5 Å². The predicted octanol–water partition coefficient (Wildman–Crippen LogP) is 4.00. The Labute approximate surface area is 182 Å². The zero-order chi connectivity index (χ0) is 22.0. The van der Waals surface area contributed by atoms with Gasteiger partial charge < -0.3 is 15.4 Å². The van der Waals surface area contributed by atoms with E-state index in [0.29, 0.717) is 29.1 Å². The molecule has 31 heavy (non-hydrogen) atoms. The van der Waals surface area contributed by atoms with E-state index < -0.39 is 23.0 Å². The van der Waals surface area contributed by atoms with Crippen LogP contribution in [0, 0.1) is 17.6 Å². The average molecular weight is 444 g/mol. The Balaban J connectivity index is 1.66. The van der Waals surface area contributed by atoms with Gasteiger partial charge in [0, 0.05) is 42.6 Å². The van der Waals surface area contributed by atoms with E-state index >= 15 is 0 Å². The molecule has 0 bridgehead atoms. The van der Waals surface area contributed by atoms with E-state index in [1.54, 1.807) is 30.3 Å². The molecule has 0 saturated carbocycles. The second-order valence-corrected chi connectivity index (χ2v) is 9.06. The first kappa shape index (κ1) is 21.7. The van der Waals surface area contributed by atoms with Crippen LogP contribution in [-0.2, 0) is 11.4 Å². The van der Waals surface area contributed by atoms with Crippen LogP contribution in [-0.4, -0.2) is 38.6 Å². The van der Waals surface area contributed by atoms with Crippen molar-refractivity contribution in [1.82, 2.24) is 9.29 Å². The molecular formula is C23H23F2N3O2S. The third-order valence-corrected chi connectivity index (χ3v) is 7.04. The first-order valence-corrected chi connectivity index (χ1v) is 11.2. The molecule has 0 aliphatic carbocycles. The van der Waals surface area contributed by atoms with Gasteiger partial charge in [0.15, 0.2) is 16.5 Å². The summed E-state index contributed by atoms with van der Waals surface area (Å²) in [5, 5.41) is 9.47. The smallest absolute Gasteiger partial charge is 0.181 e. The Bertz CT molecular complexity index is 1080. The van der Waals surface area contributed by atoms with E-state index in [1.807, 2.05) is 10.4 Å². The molecule has 0 radical (unpaired) electrons. The second kappa shape index (κ2) is 9.32. The van der Waals surface area contributed by atoms with Crippen LogP contribution in [0.4, 0.5) is 14.6 Å². The molecule has 1 saturated heterocycles. The number of hydrogen-bond acceptors (Lipinski definition) is 5. The molecule has 3 aromatic rings. The van der Waals surface area contributed by atoms with Gasteiger partial charge in [0.25, 0.3) is 0 Å². The average Bonchev–Trinajstić information content (AvgIpc) is 2.80. The lowest BCUT2D eigenvalue weighted by atomic mass is 10.0. The van der Waals surface area contributed by atoms with Crippen LogP contribution in [0.3, 0.4) is 0 Å². The molecule has 8 heteroatoms. The van der Waals surface area contributed by atoms with Crippen LogP contribution in [0.5, 0.6) is 0 Å². The summed E-state index contributed by atoms with van der Waals surface area (Å²) in [6.45, 7) is 1.31. The number of aromatic nitrogens is 1. The number of nitrogens with zero attached hydrogens (tertiary/aromatic N) is 2. The van der Waals surface area contributed by atoms with Crippen LogP contribution in [0.1, 0.15) is 12.8 Å². The Morgan fingerprint density at radius 3 is 2.61 bits per heavy atom. The molecule has 2 heterocycles. The fourth-order valence-electron chi connectivity index (χ4n) is 3.84. The molecule has 1 aromatic heterocycles. The molecule has 5 nitrogen and oxygen atoms in total. The summed E-state index contributed by atoms with van der Waals surface area (Å²) in [7, 11) is 0. The lowest BCUT2D eigenvalue weighted by Crippen LogP contribution is -2.41. The molecule has 1 aliphatic heterocycles. The van der Waals surface area contributed by atoms with Gasteiger partial charge in [0.2, 0.25) is 0 Å². The molecule has 2 atom stereocenters. The SMILES string of the molecule is Nc1ncc(-c2ccc(-c3ccccc3[S+]([O-])N3CCCC(CO)C3)cc2F)cc1F. The highest BCUT2D eigenvalue weighted by Crippen LogP contribution is 2.34. The summed E-state index contributed by atoms with van der Waals surface area (Å²) in [5.74, 6) is -1.37. The molecule has 2 unspecified atom stereocenters. The van der Waals surface area contributed by atoms with Crippen molar-refractivity contribution in [2.45, 2.75) is 17.7 Å². The van der Waals surface area contributed by atoms with Crippen molar-refractivity contribution in [2.75, 3.05) is 25.4 Å². The maximum absolute atomic E-state index is 14.9. The summed E-state index contributed by atoms with van der Waals surface area (Å²) in [6, 6.07) is 13.0. The minimum Gasteiger partial charge on any atom is -0.593 e. The number of piperidine rings is 1. The molecule has 0 amide bonds. The Hall–Kier alpha value is -2.52. The van der Waals surface area contributed by atoms with Crippen molar-refractivity contribution in [3.63, 3.8) is 0 Å². The number of hydrogen-bond donors (Lipinski definition) is 2. The highest BCUT2D eigenvalue weighted by molar-refractivity contribution is 7.89. The van der Waals surface area contributed by atoms with Gasteiger partial charge in [-0.3, -0.25) is 0 Å². The first-order chi connectivity index (χ1) is 15.0. The third kappa shape index (κ3) is 4.57. The number of rotatable bonds is 5. The zero-order valence-corrected chi connectivity index (χ0v) is 17.6. The maximum atomic E-state index is 14.9. The molecule has 2 aromatic carbocycles. The van der Waals surface area contributed by atoms with Gasteiger partial charge in [0.1, 0.15) is 5.82 Å². The van der Waals surface area contributed by atoms with Crippen LogP contribution in [0.25, 0.3) is 22.3 Å². The van der Waals surface area contributed by atoms with Crippen molar-refractivity contribution < 1.29 is 18.4 Å². The lowest BCUT2D eigenvalue weighted by molar-refractivity contribution is 0.165. The number of halogens is 2. The molecule has 1 aliphatic rings. The first-order valence-electron chi connectivity index (χ1n) is 10.1. The summed E-state index contributed by atoms with van der Waals surface area (Å²) >= 11 is -1.43. The van der Waals surface area contributed by atoms with E-state index in [0.717, 1.165) is 18.9 Å². The van der Waals surface area contributed by atoms with Crippen molar-refractivity contribution in [3.05, 3.63) is 66.4 Å². The lowest BCUT2D eigenvalue weighted by Gasteiger charge is -2.32. The monoisotopic (exact) mass is 443 g/mol. The topological polar surface area (TPSA) is 85.4 Å². The predicted molar refractivity (Wildman–Crippen MR) is 117 cm³/mol. The maximum Gasteiger partial charge on any atom is 0.181 e. The number of nitrogens with two attached hydrogens (primary N) is 1. The van der Waals surface area contributed by atoms with Gasteiger partial charge >= 0.3 is 0 Å². The summed E-state index contributed by atoms with van der Waals surface area (Å²) in [4.78, 5) is 4.34. The van der Waals surface area contributed by atoms with E-state index in [2.05, 4.69) is 4.98 Å². The van der Waals surface area contributed by atoms with Crippen molar-refractivity contribution in [1.29, 1.82) is 0 Å².